The number of halogens is 2. The molecule has 134 valence electrons. The Balaban J connectivity index is 0.00000312. The van der Waals surface area contributed by atoms with E-state index in [9.17, 15) is 9.59 Å². The average molecular weight is 384 g/mol. The van der Waals surface area contributed by atoms with Crippen LogP contribution in [0, 0.1) is 0 Å². The first-order valence-corrected chi connectivity index (χ1v) is 7.81. The van der Waals surface area contributed by atoms with Gasteiger partial charge in [0.1, 0.15) is 0 Å². The number of carboxylic acid groups (broad SMARTS) is 2. The van der Waals surface area contributed by atoms with Gasteiger partial charge in [-0.2, -0.15) is 0 Å². The first-order chi connectivity index (χ1) is 11.4. The van der Waals surface area contributed by atoms with Crippen LogP contribution in [-0.4, -0.2) is 28.7 Å². The molecule has 0 radical (unpaired) electrons. The van der Waals surface area contributed by atoms with Crippen molar-refractivity contribution >= 4 is 35.9 Å². The average Bonchev–Trinajstić information content (AvgIpc) is 2.52. The minimum atomic E-state index is -0.912. The Morgan fingerprint density at radius 1 is 1.08 bits per heavy atom. The van der Waals surface area contributed by atoms with Crippen LogP contribution in [-0.2, 0) is 16.0 Å². The molecule has 0 saturated heterocycles. The Labute approximate surface area is 156 Å². The van der Waals surface area contributed by atoms with Crippen molar-refractivity contribution in [1.29, 1.82) is 0 Å². The third-order valence-corrected chi connectivity index (χ3v) is 4.09. The molecular formula is C18H19Cl2NO4. The first kappa shape index (κ1) is 21.0. The second-order valence-corrected chi connectivity index (χ2v) is 5.95. The molecule has 2 rings (SSSR count). The van der Waals surface area contributed by atoms with Gasteiger partial charge >= 0.3 is 11.9 Å². The summed E-state index contributed by atoms with van der Waals surface area (Å²) < 4.78 is 0. The Kier molecular flexibility index (Phi) is 7.90. The van der Waals surface area contributed by atoms with Crippen LogP contribution in [0.25, 0.3) is 11.1 Å². The highest BCUT2D eigenvalue weighted by Gasteiger charge is 2.16. The molecule has 7 heteroatoms. The Morgan fingerprint density at radius 2 is 1.80 bits per heavy atom. The standard InChI is InChI=1S/C18H18ClNO4.ClH/c19-16-5-4-12(14(10-20)9-18(23)24)8-15(16)13-3-1-2-11(6-13)7-17(21)22;/h1-6,8,14H,7,9-10,20H2,(H,21,22)(H,23,24);1H/t14-;/m0./s1. The summed E-state index contributed by atoms with van der Waals surface area (Å²) in [4.78, 5) is 21.8. The summed E-state index contributed by atoms with van der Waals surface area (Å²) in [6.07, 6.45) is -0.133. The molecule has 2 aromatic carbocycles. The van der Waals surface area contributed by atoms with Gasteiger partial charge in [0.2, 0.25) is 0 Å². The molecule has 0 spiro atoms. The van der Waals surface area contributed by atoms with Crippen LogP contribution in [0.2, 0.25) is 5.02 Å². The monoisotopic (exact) mass is 383 g/mol. The molecule has 0 aliphatic carbocycles. The van der Waals surface area contributed by atoms with Crippen LogP contribution in [0.1, 0.15) is 23.5 Å². The lowest BCUT2D eigenvalue weighted by molar-refractivity contribution is -0.138. The predicted octanol–water partition coefficient (Wildman–Crippen LogP) is 3.57. The predicted molar refractivity (Wildman–Crippen MR) is 99.5 cm³/mol. The van der Waals surface area contributed by atoms with Gasteiger partial charge in [0, 0.05) is 16.5 Å². The van der Waals surface area contributed by atoms with E-state index < -0.39 is 11.9 Å². The van der Waals surface area contributed by atoms with Crippen LogP contribution in [0.3, 0.4) is 0 Å². The number of rotatable bonds is 7. The molecule has 2 aromatic rings. The minimum Gasteiger partial charge on any atom is -0.481 e. The number of hydrogen-bond acceptors (Lipinski definition) is 3. The largest absolute Gasteiger partial charge is 0.481 e. The third kappa shape index (κ3) is 5.74. The summed E-state index contributed by atoms with van der Waals surface area (Å²) >= 11 is 6.28. The summed E-state index contributed by atoms with van der Waals surface area (Å²) in [5.41, 5.74) is 8.67. The van der Waals surface area contributed by atoms with Crippen molar-refractivity contribution in [2.45, 2.75) is 18.8 Å². The molecule has 5 nitrogen and oxygen atoms in total. The van der Waals surface area contributed by atoms with E-state index in [1.54, 1.807) is 30.3 Å². The molecule has 0 amide bonds. The Bertz CT molecular complexity index is 764. The van der Waals surface area contributed by atoms with Crippen LogP contribution < -0.4 is 5.73 Å². The van der Waals surface area contributed by atoms with E-state index in [2.05, 4.69) is 0 Å². The highest BCUT2D eigenvalue weighted by atomic mass is 35.5. The maximum atomic E-state index is 11.0. The van der Waals surface area contributed by atoms with Crippen LogP contribution in [0.5, 0.6) is 0 Å². The van der Waals surface area contributed by atoms with Crippen LogP contribution >= 0.6 is 24.0 Å². The van der Waals surface area contributed by atoms with Crippen LogP contribution in [0.4, 0.5) is 0 Å². The summed E-state index contributed by atoms with van der Waals surface area (Å²) in [5, 5.41) is 18.4. The van der Waals surface area contributed by atoms with Gasteiger partial charge in [-0.15, -0.1) is 12.4 Å². The van der Waals surface area contributed by atoms with Gasteiger partial charge in [-0.1, -0.05) is 41.9 Å². The third-order valence-electron chi connectivity index (χ3n) is 3.76. The smallest absolute Gasteiger partial charge is 0.307 e. The first-order valence-electron chi connectivity index (χ1n) is 7.43. The van der Waals surface area contributed by atoms with Crippen molar-refractivity contribution in [1.82, 2.24) is 0 Å². The highest BCUT2D eigenvalue weighted by Crippen LogP contribution is 2.32. The summed E-state index contributed by atoms with van der Waals surface area (Å²) in [6.45, 7) is 0.215. The molecule has 4 N–H and O–H groups in total. The molecule has 1 atom stereocenters. The molecule has 0 saturated carbocycles. The zero-order valence-corrected chi connectivity index (χ0v) is 14.9. The van der Waals surface area contributed by atoms with Gasteiger partial charge in [0.15, 0.2) is 0 Å². The van der Waals surface area contributed by atoms with Gasteiger partial charge in [0.05, 0.1) is 12.8 Å². The second kappa shape index (κ2) is 9.42. The van der Waals surface area contributed by atoms with E-state index in [1.165, 1.54) is 0 Å². The number of benzene rings is 2. The fourth-order valence-electron chi connectivity index (χ4n) is 2.59. The van der Waals surface area contributed by atoms with E-state index in [-0.39, 0.29) is 37.7 Å². The van der Waals surface area contributed by atoms with Crippen molar-refractivity contribution in [3.63, 3.8) is 0 Å². The van der Waals surface area contributed by atoms with E-state index in [1.807, 2.05) is 12.1 Å². The number of aliphatic carboxylic acids is 2. The quantitative estimate of drug-likeness (QED) is 0.678. The lowest BCUT2D eigenvalue weighted by Crippen LogP contribution is -2.16. The molecule has 25 heavy (non-hydrogen) atoms. The normalized spacial score (nSPS) is 11.4. The minimum absolute atomic E-state index is 0. The van der Waals surface area contributed by atoms with E-state index in [0.29, 0.717) is 10.6 Å². The van der Waals surface area contributed by atoms with E-state index in [0.717, 1.165) is 16.7 Å². The molecular weight excluding hydrogens is 365 g/mol. The lowest BCUT2D eigenvalue weighted by Gasteiger charge is -2.15. The maximum Gasteiger partial charge on any atom is 0.307 e. The summed E-state index contributed by atoms with van der Waals surface area (Å²) in [6, 6.07) is 12.4. The van der Waals surface area contributed by atoms with Gasteiger partial charge in [0.25, 0.3) is 0 Å². The van der Waals surface area contributed by atoms with E-state index >= 15 is 0 Å². The molecule has 0 heterocycles. The Hall–Kier alpha value is -2.08. The summed E-state index contributed by atoms with van der Waals surface area (Å²) in [5.74, 6) is -2.12. The number of nitrogens with two attached hydrogens (primary N) is 1. The number of hydrogen-bond donors (Lipinski definition) is 3. The fourth-order valence-corrected chi connectivity index (χ4v) is 2.82. The van der Waals surface area contributed by atoms with Crippen molar-refractivity contribution in [3.05, 3.63) is 58.6 Å². The molecule has 0 bridgehead atoms. The molecule has 0 aliphatic heterocycles. The van der Waals surface area contributed by atoms with Crippen molar-refractivity contribution < 1.29 is 19.8 Å². The van der Waals surface area contributed by atoms with Crippen molar-refractivity contribution in [2.75, 3.05) is 6.54 Å². The molecule has 0 aromatic heterocycles. The van der Waals surface area contributed by atoms with Crippen molar-refractivity contribution in [3.8, 4) is 11.1 Å². The Morgan fingerprint density at radius 3 is 2.40 bits per heavy atom. The van der Waals surface area contributed by atoms with Crippen LogP contribution in [0.15, 0.2) is 42.5 Å². The van der Waals surface area contributed by atoms with Gasteiger partial charge in [-0.05, 0) is 35.4 Å². The van der Waals surface area contributed by atoms with Gasteiger partial charge in [-0.25, -0.2) is 0 Å². The molecule has 0 unspecified atom stereocenters. The molecule has 0 fully saturated rings. The van der Waals surface area contributed by atoms with Gasteiger partial charge in [-0.3, -0.25) is 9.59 Å². The van der Waals surface area contributed by atoms with E-state index in [4.69, 9.17) is 27.5 Å². The maximum absolute atomic E-state index is 11.0. The second-order valence-electron chi connectivity index (χ2n) is 5.54. The topological polar surface area (TPSA) is 101 Å². The number of carboxylic acids is 2. The molecule has 0 aliphatic rings. The highest BCUT2D eigenvalue weighted by molar-refractivity contribution is 6.33. The zero-order valence-electron chi connectivity index (χ0n) is 13.3. The lowest BCUT2D eigenvalue weighted by atomic mass is 9.92. The van der Waals surface area contributed by atoms with Gasteiger partial charge < -0.3 is 15.9 Å². The SMILES string of the molecule is Cl.NC[C@H](CC(=O)O)c1ccc(Cl)c(-c2cccc(CC(=O)O)c2)c1. The summed E-state index contributed by atoms with van der Waals surface area (Å²) in [7, 11) is 0. The van der Waals surface area contributed by atoms with Crippen molar-refractivity contribution in [2.24, 2.45) is 5.73 Å². The number of carbonyl (C=O) groups is 2. The fraction of sp³-hybridized carbons (Fsp3) is 0.222. The zero-order chi connectivity index (χ0) is 17.7.